The lowest BCUT2D eigenvalue weighted by Crippen LogP contribution is -2.49. The second kappa shape index (κ2) is 6.47. The summed E-state index contributed by atoms with van der Waals surface area (Å²) < 4.78 is 13.4. The molecule has 1 fully saturated rings. The third kappa shape index (κ3) is 3.89. The van der Waals surface area contributed by atoms with Crippen LogP contribution in [0, 0.1) is 5.82 Å². The van der Waals surface area contributed by atoms with Crippen LogP contribution < -0.4 is 16.2 Å². The molecule has 0 aliphatic heterocycles. The minimum absolute atomic E-state index is 0.0151. The van der Waals surface area contributed by atoms with Gasteiger partial charge in [-0.3, -0.25) is 15.6 Å². The van der Waals surface area contributed by atoms with E-state index in [2.05, 4.69) is 16.2 Å². The van der Waals surface area contributed by atoms with E-state index in [0.29, 0.717) is 11.2 Å². The van der Waals surface area contributed by atoms with Crippen LogP contribution in [-0.2, 0) is 0 Å². The first kappa shape index (κ1) is 13.7. The Labute approximate surface area is 116 Å². The monoisotopic (exact) mass is 281 g/mol. The number of carbonyl (C=O) groups excluding carboxylic acids is 1. The average Bonchev–Trinajstić information content (AvgIpc) is 2.89. The number of hydrogen-bond acceptors (Lipinski definition) is 2. The van der Waals surface area contributed by atoms with Crippen molar-refractivity contribution < 1.29 is 9.18 Å². The van der Waals surface area contributed by atoms with E-state index < -0.39 is 11.7 Å². The maximum absolute atomic E-state index is 13.4. The molecule has 6 heteroatoms. The third-order valence-corrected chi connectivity index (χ3v) is 3.32. The highest BCUT2D eigenvalue weighted by Crippen LogP contribution is 2.17. The largest absolute Gasteiger partial charge is 0.359 e. The van der Waals surface area contributed by atoms with Gasteiger partial charge in [0.1, 0.15) is 5.82 Å². The lowest BCUT2D eigenvalue weighted by molar-refractivity contribution is 0.0939. The van der Waals surface area contributed by atoms with Crippen molar-refractivity contribution in [1.29, 1.82) is 0 Å². The third-order valence-electron chi connectivity index (χ3n) is 3.10. The topological polar surface area (TPSA) is 53.2 Å². The molecule has 1 aliphatic carbocycles. The maximum atomic E-state index is 13.4. The van der Waals surface area contributed by atoms with Crippen molar-refractivity contribution in [3.05, 3.63) is 35.6 Å². The van der Waals surface area contributed by atoms with E-state index >= 15 is 0 Å². The zero-order valence-corrected chi connectivity index (χ0v) is 11.2. The van der Waals surface area contributed by atoms with Crippen LogP contribution in [0.1, 0.15) is 36.0 Å². The van der Waals surface area contributed by atoms with Crippen molar-refractivity contribution in [3.8, 4) is 0 Å². The van der Waals surface area contributed by atoms with Crippen LogP contribution in [0.4, 0.5) is 4.39 Å². The van der Waals surface area contributed by atoms with Gasteiger partial charge in [0, 0.05) is 6.04 Å². The highest BCUT2D eigenvalue weighted by molar-refractivity contribution is 7.80. The number of nitrogens with one attached hydrogen (secondary N) is 3. The van der Waals surface area contributed by atoms with Crippen molar-refractivity contribution in [2.45, 2.75) is 31.7 Å². The second-order valence-corrected chi connectivity index (χ2v) is 4.92. The number of hydrazine groups is 1. The Morgan fingerprint density at radius 1 is 1.21 bits per heavy atom. The summed E-state index contributed by atoms with van der Waals surface area (Å²) in [5, 5.41) is 3.47. The van der Waals surface area contributed by atoms with Gasteiger partial charge in [0.15, 0.2) is 5.11 Å². The summed E-state index contributed by atoms with van der Waals surface area (Å²) in [6.45, 7) is 0. The maximum Gasteiger partial charge on any atom is 0.272 e. The van der Waals surface area contributed by atoms with Crippen molar-refractivity contribution in [1.82, 2.24) is 16.2 Å². The quantitative estimate of drug-likeness (QED) is 0.572. The van der Waals surface area contributed by atoms with Gasteiger partial charge >= 0.3 is 0 Å². The molecule has 0 heterocycles. The number of rotatable bonds is 2. The molecule has 0 unspecified atom stereocenters. The van der Waals surface area contributed by atoms with E-state index in [4.69, 9.17) is 12.2 Å². The van der Waals surface area contributed by atoms with Crippen molar-refractivity contribution in [2.24, 2.45) is 0 Å². The van der Waals surface area contributed by atoms with Gasteiger partial charge in [0.25, 0.3) is 5.91 Å². The number of thiocarbonyl (C=S) groups is 1. The van der Waals surface area contributed by atoms with Crippen LogP contribution in [0.2, 0.25) is 0 Å². The zero-order chi connectivity index (χ0) is 13.7. The smallest absolute Gasteiger partial charge is 0.272 e. The van der Waals surface area contributed by atoms with E-state index in [1.165, 1.54) is 31.0 Å². The number of benzene rings is 1. The Balaban J connectivity index is 1.80. The van der Waals surface area contributed by atoms with Crippen LogP contribution in [0.5, 0.6) is 0 Å². The fraction of sp³-hybridized carbons (Fsp3) is 0.385. The van der Waals surface area contributed by atoms with E-state index in [1.807, 2.05) is 0 Å². The van der Waals surface area contributed by atoms with Crippen LogP contribution in [0.25, 0.3) is 0 Å². The molecule has 2 rings (SSSR count). The molecule has 4 nitrogen and oxygen atoms in total. The van der Waals surface area contributed by atoms with E-state index in [1.54, 1.807) is 6.07 Å². The first-order valence-electron chi connectivity index (χ1n) is 6.28. The predicted octanol–water partition coefficient (Wildman–Crippen LogP) is 1.88. The van der Waals surface area contributed by atoms with Gasteiger partial charge < -0.3 is 5.32 Å². The van der Waals surface area contributed by atoms with Crippen molar-refractivity contribution in [2.75, 3.05) is 0 Å². The van der Waals surface area contributed by atoms with Gasteiger partial charge in [-0.1, -0.05) is 25.0 Å². The predicted molar refractivity (Wildman–Crippen MR) is 75.0 cm³/mol. The Kier molecular flexibility index (Phi) is 4.68. The molecular formula is C13H16FN3OS. The van der Waals surface area contributed by atoms with Crippen LogP contribution >= 0.6 is 12.2 Å². The molecule has 102 valence electrons. The lowest BCUT2D eigenvalue weighted by atomic mass is 10.2. The van der Waals surface area contributed by atoms with Gasteiger partial charge in [-0.05, 0) is 37.2 Å². The summed E-state index contributed by atoms with van der Waals surface area (Å²) >= 11 is 5.06. The van der Waals surface area contributed by atoms with Crippen LogP contribution in [-0.4, -0.2) is 17.1 Å². The molecule has 1 aromatic rings. The first-order valence-corrected chi connectivity index (χ1v) is 6.69. The minimum Gasteiger partial charge on any atom is -0.359 e. The molecular weight excluding hydrogens is 265 g/mol. The van der Waals surface area contributed by atoms with Crippen molar-refractivity contribution >= 4 is 23.2 Å². The molecule has 1 saturated carbocycles. The van der Waals surface area contributed by atoms with Crippen LogP contribution in [0.3, 0.4) is 0 Å². The van der Waals surface area contributed by atoms with Gasteiger partial charge in [0.2, 0.25) is 0 Å². The average molecular weight is 281 g/mol. The summed E-state index contributed by atoms with van der Waals surface area (Å²) in [6.07, 6.45) is 4.57. The molecule has 19 heavy (non-hydrogen) atoms. The fourth-order valence-corrected chi connectivity index (χ4v) is 2.34. The Morgan fingerprint density at radius 2 is 1.89 bits per heavy atom. The van der Waals surface area contributed by atoms with Gasteiger partial charge in [-0.2, -0.15) is 0 Å². The molecule has 3 N–H and O–H groups in total. The van der Waals surface area contributed by atoms with E-state index in [9.17, 15) is 9.18 Å². The van der Waals surface area contributed by atoms with Gasteiger partial charge in [0.05, 0.1) is 5.56 Å². The van der Waals surface area contributed by atoms with Crippen LogP contribution in [0.15, 0.2) is 24.3 Å². The highest BCUT2D eigenvalue weighted by Gasteiger charge is 2.16. The normalized spacial score (nSPS) is 15.0. The van der Waals surface area contributed by atoms with Crippen molar-refractivity contribution in [3.63, 3.8) is 0 Å². The summed E-state index contributed by atoms with van der Waals surface area (Å²) in [4.78, 5) is 11.7. The SMILES string of the molecule is O=C(NNC(=S)NC1CCCC1)c1ccccc1F. The molecule has 0 spiro atoms. The Morgan fingerprint density at radius 3 is 2.58 bits per heavy atom. The molecule has 0 saturated heterocycles. The molecule has 1 aliphatic rings. The first-order chi connectivity index (χ1) is 9.16. The highest BCUT2D eigenvalue weighted by atomic mass is 32.1. The van der Waals surface area contributed by atoms with Gasteiger partial charge in [-0.25, -0.2) is 4.39 Å². The Bertz CT molecular complexity index is 475. The van der Waals surface area contributed by atoms with E-state index in [0.717, 1.165) is 12.8 Å². The summed E-state index contributed by atoms with van der Waals surface area (Å²) in [6, 6.07) is 6.16. The Hall–Kier alpha value is -1.69. The number of carbonyl (C=O) groups is 1. The number of amides is 1. The molecule has 1 aromatic carbocycles. The zero-order valence-electron chi connectivity index (χ0n) is 10.4. The summed E-state index contributed by atoms with van der Waals surface area (Å²) in [5.41, 5.74) is 4.95. The second-order valence-electron chi connectivity index (χ2n) is 4.51. The molecule has 0 radical (unpaired) electrons. The molecule has 1 amide bonds. The van der Waals surface area contributed by atoms with Gasteiger partial charge in [-0.15, -0.1) is 0 Å². The number of halogens is 1. The molecule has 0 aromatic heterocycles. The molecule has 0 atom stereocenters. The standard InChI is InChI=1S/C13H16FN3OS/c14-11-8-4-3-7-10(11)12(18)16-17-13(19)15-9-5-1-2-6-9/h3-4,7-9H,1-2,5-6H2,(H,16,18)(H2,15,17,19). The summed E-state index contributed by atoms with van der Waals surface area (Å²) in [5.74, 6) is -1.11. The summed E-state index contributed by atoms with van der Waals surface area (Å²) in [7, 11) is 0. The minimum atomic E-state index is -0.559. The number of hydrogen-bond donors (Lipinski definition) is 3. The lowest BCUT2D eigenvalue weighted by Gasteiger charge is -2.16. The van der Waals surface area contributed by atoms with E-state index in [-0.39, 0.29) is 5.56 Å². The fourth-order valence-electron chi connectivity index (χ4n) is 2.12. The molecule has 0 bridgehead atoms.